The number of nitrogens with one attached hydrogen (secondary N) is 1. The maximum atomic E-state index is 13.3. The first kappa shape index (κ1) is 27.1. The first-order valence-electron chi connectivity index (χ1n) is 11.4. The summed E-state index contributed by atoms with van der Waals surface area (Å²) in [7, 11) is 1.02. The quantitative estimate of drug-likeness (QED) is 0.421. The van der Waals surface area contributed by atoms with Crippen molar-refractivity contribution in [3.8, 4) is 17.2 Å². The zero-order valence-electron chi connectivity index (χ0n) is 20.7. The molecule has 0 saturated carbocycles. The molecule has 0 spiro atoms. The summed E-state index contributed by atoms with van der Waals surface area (Å²) < 4.78 is 44.6. The molecule has 2 aromatic carbocycles. The van der Waals surface area contributed by atoms with E-state index in [9.17, 15) is 13.2 Å². The Morgan fingerprint density at radius 3 is 2.14 bits per heavy atom. The Morgan fingerprint density at radius 2 is 1.57 bits per heavy atom. The summed E-state index contributed by atoms with van der Waals surface area (Å²) in [6.45, 7) is 1.91. The Balaban J connectivity index is 1.39. The van der Waals surface area contributed by atoms with Gasteiger partial charge in [-0.3, -0.25) is 4.79 Å². The van der Waals surface area contributed by atoms with Crippen molar-refractivity contribution < 1.29 is 27.4 Å². The van der Waals surface area contributed by atoms with Crippen LogP contribution in [0.2, 0.25) is 5.02 Å². The number of carbonyl (C=O) groups excluding carboxylic acids is 1. The van der Waals surface area contributed by atoms with Crippen LogP contribution in [0.4, 0.5) is 5.69 Å². The van der Waals surface area contributed by atoms with Crippen molar-refractivity contribution in [2.75, 3.05) is 52.4 Å². The van der Waals surface area contributed by atoms with Crippen molar-refractivity contribution in [1.29, 1.82) is 0 Å². The number of hydrogen-bond donors (Lipinski definition) is 1. The van der Waals surface area contributed by atoms with Gasteiger partial charge in [0.1, 0.15) is 4.21 Å². The third-order valence-corrected chi connectivity index (χ3v) is 9.72. The molecule has 0 radical (unpaired) electrons. The lowest BCUT2D eigenvalue weighted by atomic mass is 10.2. The van der Waals surface area contributed by atoms with Gasteiger partial charge in [-0.1, -0.05) is 11.6 Å². The second kappa shape index (κ2) is 11.6. The number of ether oxygens (including phenoxy) is 3. The molecule has 3 aromatic rings. The van der Waals surface area contributed by atoms with Crippen LogP contribution in [-0.4, -0.2) is 66.1 Å². The van der Waals surface area contributed by atoms with Crippen LogP contribution in [0, 0.1) is 0 Å². The van der Waals surface area contributed by atoms with Crippen LogP contribution >= 0.6 is 22.9 Å². The van der Waals surface area contributed by atoms with E-state index in [0.717, 1.165) is 21.9 Å². The van der Waals surface area contributed by atoms with Gasteiger partial charge in [-0.2, -0.15) is 4.31 Å². The Hall–Kier alpha value is -2.99. The second-order valence-electron chi connectivity index (χ2n) is 8.18. The zero-order chi connectivity index (χ0) is 26.6. The summed E-state index contributed by atoms with van der Waals surface area (Å²) in [4.78, 5) is 15.2. The molecule has 1 aliphatic heterocycles. The number of halogens is 1. The molecule has 2 heterocycles. The van der Waals surface area contributed by atoms with E-state index < -0.39 is 10.0 Å². The summed E-state index contributed by atoms with van der Waals surface area (Å²) >= 11 is 7.02. The molecule has 1 saturated heterocycles. The molecule has 9 nitrogen and oxygen atoms in total. The average molecular weight is 566 g/mol. The number of benzene rings is 2. The van der Waals surface area contributed by atoms with Crippen LogP contribution < -0.4 is 24.4 Å². The minimum atomic E-state index is -3.65. The minimum Gasteiger partial charge on any atom is -0.493 e. The van der Waals surface area contributed by atoms with Crippen LogP contribution in [-0.2, 0) is 16.6 Å². The zero-order valence-corrected chi connectivity index (χ0v) is 23.1. The predicted molar refractivity (Wildman–Crippen MR) is 144 cm³/mol. The van der Waals surface area contributed by atoms with E-state index in [1.807, 2.05) is 12.1 Å². The van der Waals surface area contributed by atoms with Crippen LogP contribution in [0.5, 0.6) is 17.2 Å². The third-order valence-electron chi connectivity index (χ3n) is 6.01. The number of nitrogens with zero attached hydrogens (tertiary/aromatic N) is 2. The fourth-order valence-electron chi connectivity index (χ4n) is 4.03. The monoisotopic (exact) mass is 565 g/mol. The number of thiophene rings is 1. The van der Waals surface area contributed by atoms with Gasteiger partial charge >= 0.3 is 0 Å². The predicted octanol–water partition coefficient (Wildman–Crippen LogP) is 3.87. The number of carbonyl (C=O) groups is 1. The highest BCUT2D eigenvalue weighted by molar-refractivity contribution is 7.91. The average Bonchev–Trinajstić information content (AvgIpc) is 3.41. The molecule has 0 unspecified atom stereocenters. The molecule has 1 aliphatic rings. The number of methoxy groups -OCH3 is 3. The van der Waals surface area contributed by atoms with Crippen molar-refractivity contribution in [3.05, 3.63) is 64.0 Å². The van der Waals surface area contributed by atoms with E-state index in [0.29, 0.717) is 54.0 Å². The fraction of sp³-hybridized carbons (Fsp3) is 0.320. The van der Waals surface area contributed by atoms with E-state index in [2.05, 4.69) is 10.2 Å². The lowest BCUT2D eigenvalue weighted by Gasteiger charge is -2.35. The number of sulfonamides is 1. The van der Waals surface area contributed by atoms with Crippen molar-refractivity contribution in [2.24, 2.45) is 0 Å². The van der Waals surface area contributed by atoms with Crippen molar-refractivity contribution in [3.63, 3.8) is 0 Å². The van der Waals surface area contributed by atoms with Gasteiger partial charge in [0, 0.05) is 59.5 Å². The van der Waals surface area contributed by atoms with Crippen LogP contribution in [0.3, 0.4) is 0 Å². The third kappa shape index (κ3) is 5.96. The number of amides is 1. The molecule has 1 amide bonds. The van der Waals surface area contributed by atoms with Crippen LogP contribution in [0.15, 0.2) is 52.7 Å². The highest BCUT2D eigenvalue weighted by Gasteiger charge is 2.30. The molecule has 0 atom stereocenters. The first-order valence-corrected chi connectivity index (χ1v) is 14.1. The molecule has 198 valence electrons. The van der Waals surface area contributed by atoms with E-state index in [1.165, 1.54) is 4.31 Å². The molecule has 37 heavy (non-hydrogen) atoms. The van der Waals surface area contributed by atoms with E-state index in [4.69, 9.17) is 25.8 Å². The molecule has 0 bridgehead atoms. The van der Waals surface area contributed by atoms with Crippen LogP contribution in [0.25, 0.3) is 0 Å². The molecule has 1 aromatic heterocycles. The summed E-state index contributed by atoms with van der Waals surface area (Å²) in [5.74, 6) is 1.34. The fourth-order valence-corrected chi connectivity index (χ4v) is 7.02. The Morgan fingerprint density at radius 1 is 0.946 bits per heavy atom. The van der Waals surface area contributed by atoms with Gasteiger partial charge in [-0.15, -0.1) is 11.3 Å². The minimum absolute atomic E-state index is 0.233. The molecule has 1 N–H and O–H groups in total. The molecule has 1 fully saturated rings. The summed E-state index contributed by atoms with van der Waals surface area (Å²) in [5, 5.41) is 3.36. The first-order chi connectivity index (χ1) is 17.8. The number of piperazine rings is 1. The lowest BCUT2D eigenvalue weighted by Crippen LogP contribution is -2.48. The smallest absolute Gasteiger partial charge is 0.252 e. The highest BCUT2D eigenvalue weighted by atomic mass is 35.5. The van der Waals surface area contributed by atoms with Gasteiger partial charge in [0.2, 0.25) is 5.75 Å². The van der Waals surface area contributed by atoms with E-state index >= 15 is 0 Å². The standard InChI is InChI=1S/C25H28ClN3O6S2/c1-33-21-14-19(15-22(34-2)24(21)35-3)28-10-12-29(13-11-28)37(31,32)23-9-8-20(36-23)16-27-25(30)17-4-6-18(26)7-5-17/h4-9,14-15H,10-13,16H2,1-3H3,(H,27,30). The van der Waals surface area contributed by atoms with Crippen molar-refractivity contribution in [2.45, 2.75) is 10.8 Å². The summed E-state index contributed by atoms with van der Waals surface area (Å²) in [6.07, 6.45) is 0. The number of hydrogen-bond acceptors (Lipinski definition) is 8. The van der Waals surface area contributed by atoms with Gasteiger partial charge in [0.05, 0.1) is 27.9 Å². The Labute approximate surface area is 225 Å². The van der Waals surface area contributed by atoms with Gasteiger partial charge in [0.15, 0.2) is 11.5 Å². The molecule has 4 rings (SSSR count). The van der Waals surface area contributed by atoms with Gasteiger partial charge in [0.25, 0.3) is 15.9 Å². The number of rotatable bonds is 9. The summed E-state index contributed by atoms with van der Waals surface area (Å²) in [5.41, 5.74) is 1.35. The molecule has 12 heteroatoms. The number of anilines is 1. The summed E-state index contributed by atoms with van der Waals surface area (Å²) in [6, 6.07) is 13.6. The topological polar surface area (TPSA) is 97.4 Å². The molecule has 0 aliphatic carbocycles. The van der Waals surface area contributed by atoms with Gasteiger partial charge in [-0.05, 0) is 36.4 Å². The maximum Gasteiger partial charge on any atom is 0.252 e. The largest absolute Gasteiger partial charge is 0.493 e. The highest BCUT2D eigenvalue weighted by Crippen LogP contribution is 2.41. The van der Waals surface area contributed by atoms with E-state index in [1.54, 1.807) is 57.7 Å². The Kier molecular flexibility index (Phi) is 8.48. The van der Waals surface area contributed by atoms with Crippen LogP contribution in [0.1, 0.15) is 15.2 Å². The normalized spacial score (nSPS) is 14.3. The van der Waals surface area contributed by atoms with Crippen molar-refractivity contribution >= 4 is 44.6 Å². The van der Waals surface area contributed by atoms with Crippen molar-refractivity contribution in [1.82, 2.24) is 9.62 Å². The Bertz CT molecular complexity index is 1330. The van der Waals surface area contributed by atoms with E-state index in [-0.39, 0.29) is 16.7 Å². The van der Waals surface area contributed by atoms with Gasteiger partial charge < -0.3 is 24.4 Å². The van der Waals surface area contributed by atoms with Gasteiger partial charge in [-0.25, -0.2) is 8.42 Å². The lowest BCUT2D eigenvalue weighted by molar-refractivity contribution is 0.0951. The molecular formula is C25H28ClN3O6S2. The maximum absolute atomic E-state index is 13.3. The molecular weight excluding hydrogens is 538 g/mol. The second-order valence-corrected chi connectivity index (χ2v) is 12.0. The SMILES string of the molecule is COc1cc(N2CCN(S(=O)(=O)c3ccc(CNC(=O)c4ccc(Cl)cc4)s3)CC2)cc(OC)c1OC.